The summed E-state index contributed by atoms with van der Waals surface area (Å²) in [5.41, 5.74) is 2.33. The molecule has 0 saturated carbocycles. The Labute approximate surface area is 149 Å². The molecule has 0 heterocycles. The molecule has 0 aliphatic rings. The molecule has 7 heteroatoms. The van der Waals surface area contributed by atoms with E-state index < -0.39 is 5.97 Å². The second kappa shape index (κ2) is 8.04. The number of nitrogens with one attached hydrogen (secondary N) is 2. The predicted octanol–water partition coefficient (Wildman–Crippen LogP) is 4.14. The van der Waals surface area contributed by atoms with Crippen molar-refractivity contribution in [1.29, 1.82) is 0 Å². The summed E-state index contributed by atoms with van der Waals surface area (Å²) in [6, 6.07) is 9.95. The third-order valence-corrected chi connectivity index (χ3v) is 4.02. The first-order chi connectivity index (χ1) is 11.4. The molecule has 0 radical (unpaired) electrons. The van der Waals surface area contributed by atoms with Crippen LogP contribution >= 0.6 is 23.2 Å². The van der Waals surface area contributed by atoms with Gasteiger partial charge in [-0.3, -0.25) is 4.79 Å². The summed E-state index contributed by atoms with van der Waals surface area (Å²) in [5, 5.41) is 6.57. The van der Waals surface area contributed by atoms with Crippen molar-refractivity contribution in [3.63, 3.8) is 0 Å². The van der Waals surface area contributed by atoms with Crippen LogP contribution in [0.2, 0.25) is 10.0 Å². The molecule has 0 bridgehead atoms. The summed E-state index contributed by atoms with van der Waals surface area (Å²) in [4.78, 5) is 23.6. The normalized spacial score (nSPS) is 10.2. The van der Waals surface area contributed by atoms with E-state index in [0.29, 0.717) is 21.3 Å². The van der Waals surface area contributed by atoms with Crippen molar-refractivity contribution >= 4 is 46.5 Å². The summed E-state index contributed by atoms with van der Waals surface area (Å²) >= 11 is 12.1. The number of rotatable bonds is 5. The van der Waals surface area contributed by atoms with E-state index in [9.17, 15) is 9.59 Å². The maximum Gasteiger partial charge on any atom is 0.337 e. The van der Waals surface area contributed by atoms with Gasteiger partial charge in [0.2, 0.25) is 5.91 Å². The summed E-state index contributed by atoms with van der Waals surface area (Å²) in [6.07, 6.45) is 0. The van der Waals surface area contributed by atoms with Gasteiger partial charge in [0.15, 0.2) is 0 Å². The molecule has 1 amide bonds. The summed E-state index contributed by atoms with van der Waals surface area (Å²) in [6.45, 7) is 1.92. The zero-order valence-electron chi connectivity index (χ0n) is 13.2. The van der Waals surface area contributed by atoms with Crippen LogP contribution < -0.4 is 10.6 Å². The Morgan fingerprint density at radius 3 is 2.50 bits per heavy atom. The maximum atomic E-state index is 12.1. The first-order valence-electron chi connectivity index (χ1n) is 7.08. The van der Waals surface area contributed by atoms with Crippen LogP contribution in [0.4, 0.5) is 11.4 Å². The fraction of sp³-hybridized carbons (Fsp3) is 0.176. The lowest BCUT2D eigenvalue weighted by Gasteiger charge is -2.11. The zero-order valence-corrected chi connectivity index (χ0v) is 14.7. The molecule has 0 unspecified atom stereocenters. The van der Waals surface area contributed by atoms with Gasteiger partial charge < -0.3 is 15.4 Å². The predicted molar refractivity (Wildman–Crippen MR) is 96.1 cm³/mol. The smallest absolute Gasteiger partial charge is 0.337 e. The lowest BCUT2D eigenvalue weighted by atomic mass is 10.2. The number of anilines is 2. The molecular weight excluding hydrogens is 351 g/mol. The van der Waals surface area contributed by atoms with E-state index in [-0.39, 0.29) is 12.5 Å². The van der Waals surface area contributed by atoms with Gasteiger partial charge in [0.05, 0.1) is 29.9 Å². The van der Waals surface area contributed by atoms with E-state index in [1.54, 1.807) is 6.07 Å². The third-order valence-electron chi connectivity index (χ3n) is 3.29. The second-order valence-electron chi connectivity index (χ2n) is 5.05. The van der Waals surface area contributed by atoms with E-state index in [4.69, 9.17) is 23.2 Å². The standard InChI is InChI=1S/C17H16Cl2N2O3/c1-10-3-5-12(8-14(10)19)20-9-16(22)21-15-7-11(17(23)24-2)4-6-13(15)18/h3-8,20H,9H2,1-2H3,(H,21,22). The van der Waals surface area contributed by atoms with Crippen molar-refractivity contribution in [2.45, 2.75) is 6.92 Å². The monoisotopic (exact) mass is 366 g/mol. The van der Waals surface area contributed by atoms with Crippen molar-refractivity contribution < 1.29 is 14.3 Å². The molecule has 126 valence electrons. The topological polar surface area (TPSA) is 67.4 Å². The number of carbonyl (C=O) groups is 2. The molecule has 0 aliphatic carbocycles. The average molecular weight is 367 g/mol. The molecular formula is C17H16Cl2N2O3. The second-order valence-corrected chi connectivity index (χ2v) is 5.87. The Morgan fingerprint density at radius 1 is 1.08 bits per heavy atom. The van der Waals surface area contributed by atoms with Crippen LogP contribution in [0.3, 0.4) is 0 Å². The molecule has 2 N–H and O–H groups in total. The molecule has 5 nitrogen and oxygen atoms in total. The number of esters is 1. The van der Waals surface area contributed by atoms with E-state index in [2.05, 4.69) is 15.4 Å². The van der Waals surface area contributed by atoms with Crippen molar-refractivity contribution in [2.75, 3.05) is 24.3 Å². The lowest BCUT2D eigenvalue weighted by Crippen LogP contribution is -2.22. The summed E-state index contributed by atoms with van der Waals surface area (Å²) < 4.78 is 4.64. The number of hydrogen-bond donors (Lipinski definition) is 2. The number of hydrogen-bond acceptors (Lipinski definition) is 4. The number of amides is 1. The SMILES string of the molecule is COC(=O)c1ccc(Cl)c(NC(=O)CNc2ccc(C)c(Cl)c2)c1. The van der Waals surface area contributed by atoms with Gasteiger partial charge in [0.1, 0.15) is 0 Å². The number of ether oxygens (including phenoxy) is 1. The van der Waals surface area contributed by atoms with Gasteiger partial charge in [-0.1, -0.05) is 29.3 Å². The Kier molecular flexibility index (Phi) is 6.06. The quantitative estimate of drug-likeness (QED) is 0.780. The highest BCUT2D eigenvalue weighted by Gasteiger charge is 2.11. The van der Waals surface area contributed by atoms with E-state index in [1.165, 1.54) is 25.3 Å². The molecule has 2 aromatic carbocycles. The van der Waals surface area contributed by atoms with Gasteiger partial charge in [0.25, 0.3) is 0 Å². The Hall–Kier alpha value is -2.24. The summed E-state index contributed by atoms with van der Waals surface area (Å²) in [7, 11) is 1.28. The number of benzene rings is 2. The highest BCUT2D eigenvalue weighted by Crippen LogP contribution is 2.24. The minimum atomic E-state index is -0.505. The molecule has 0 aromatic heterocycles. The number of methoxy groups -OCH3 is 1. The maximum absolute atomic E-state index is 12.1. The van der Waals surface area contributed by atoms with Crippen molar-refractivity contribution in [2.24, 2.45) is 0 Å². The Bertz CT molecular complexity index is 778. The van der Waals surface area contributed by atoms with Gasteiger partial charge in [-0.25, -0.2) is 4.79 Å². The Morgan fingerprint density at radius 2 is 1.83 bits per heavy atom. The summed E-state index contributed by atoms with van der Waals surface area (Å²) in [5.74, 6) is -0.815. The fourth-order valence-corrected chi connectivity index (χ4v) is 2.29. The molecule has 24 heavy (non-hydrogen) atoms. The molecule has 0 fully saturated rings. The van der Waals surface area contributed by atoms with E-state index in [1.807, 2.05) is 19.1 Å². The highest BCUT2D eigenvalue weighted by molar-refractivity contribution is 6.34. The van der Waals surface area contributed by atoms with Gasteiger partial charge in [-0.15, -0.1) is 0 Å². The first kappa shape index (κ1) is 18.1. The van der Waals surface area contributed by atoms with Gasteiger partial charge in [0, 0.05) is 10.7 Å². The Balaban J connectivity index is 2.01. The zero-order chi connectivity index (χ0) is 17.7. The largest absolute Gasteiger partial charge is 0.465 e. The van der Waals surface area contributed by atoms with Crippen LogP contribution in [0.15, 0.2) is 36.4 Å². The number of aryl methyl sites for hydroxylation is 1. The van der Waals surface area contributed by atoms with E-state index >= 15 is 0 Å². The van der Waals surface area contributed by atoms with Gasteiger partial charge >= 0.3 is 5.97 Å². The molecule has 0 saturated heterocycles. The van der Waals surface area contributed by atoms with Crippen molar-refractivity contribution in [3.8, 4) is 0 Å². The number of halogens is 2. The first-order valence-corrected chi connectivity index (χ1v) is 7.84. The van der Waals surface area contributed by atoms with Crippen LogP contribution in [0.25, 0.3) is 0 Å². The van der Waals surface area contributed by atoms with Crippen molar-refractivity contribution in [1.82, 2.24) is 0 Å². The molecule has 0 aliphatic heterocycles. The molecule has 0 spiro atoms. The lowest BCUT2D eigenvalue weighted by molar-refractivity contribution is -0.114. The van der Waals surface area contributed by atoms with Crippen LogP contribution in [-0.4, -0.2) is 25.5 Å². The van der Waals surface area contributed by atoms with Crippen molar-refractivity contribution in [3.05, 3.63) is 57.6 Å². The minimum absolute atomic E-state index is 0.0260. The van der Waals surface area contributed by atoms with Gasteiger partial charge in [-0.2, -0.15) is 0 Å². The van der Waals surface area contributed by atoms with E-state index in [0.717, 1.165) is 11.3 Å². The minimum Gasteiger partial charge on any atom is -0.465 e. The van der Waals surface area contributed by atoms with Crippen LogP contribution in [-0.2, 0) is 9.53 Å². The molecule has 0 atom stereocenters. The highest BCUT2D eigenvalue weighted by atomic mass is 35.5. The number of carbonyl (C=O) groups excluding carboxylic acids is 2. The molecule has 2 aromatic rings. The van der Waals surface area contributed by atoms with Crippen LogP contribution in [0.5, 0.6) is 0 Å². The van der Waals surface area contributed by atoms with Gasteiger partial charge in [-0.05, 0) is 42.8 Å². The third kappa shape index (κ3) is 4.63. The van der Waals surface area contributed by atoms with Crippen LogP contribution in [0, 0.1) is 6.92 Å². The average Bonchev–Trinajstić information content (AvgIpc) is 2.57. The molecule has 2 rings (SSSR count). The fourth-order valence-electron chi connectivity index (χ4n) is 1.95. The van der Waals surface area contributed by atoms with Crippen LogP contribution in [0.1, 0.15) is 15.9 Å².